The Balaban J connectivity index is 1.66. The number of nitriles is 1. The predicted octanol–water partition coefficient (Wildman–Crippen LogP) is 3.49. The van der Waals surface area contributed by atoms with Gasteiger partial charge in [-0.3, -0.25) is 5.32 Å². The van der Waals surface area contributed by atoms with Crippen LogP contribution in [0.1, 0.15) is 11.1 Å². The highest BCUT2D eigenvalue weighted by Crippen LogP contribution is 2.16. The molecule has 0 aliphatic heterocycles. The number of hydrogen-bond acceptors (Lipinski definition) is 4. The molecule has 0 spiro atoms. The summed E-state index contributed by atoms with van der Waals surface area (Å²) in [5.74, 6) is 0.484. The number of amides is 1. The Kier molecular flexibility index (Phi) is 4.54. The Bertz CT molecular complexity index is 864. The van der Waals surface area contributed by atoms with Gasteiger partial charge in [-0.2, -0.15) is 10.4 Å². The van der Waals surface area contributed by atoms with E-state index in [0.717, 1.165) is 11.3 Å². The van der Waals surface area contributed by atoms with E-state index in [9.17, 15) is 4.79 Å². The largest absolute Gasteiger partial charge is 0.444 e. The first-order valence-corrected chi connectivity index (χ1v) is 7.28. The fraction of sp³-hybridized carbons (Fsp3) is 0.0556. The van der Waals surface area contributed by atoms with E-state index in [1.807, 2.05) is 30.3 Å². The van der Waals surface area contributed by atoms with Crippen LogP contribution in [0.4, 0.5) is 10.6 Å². The molecule has 1 aromatic heterocycles. The Morgan fingerprint density at radius 1 is 1.12 bits per heavy atom. The monoisotopic (exact) mass is 318 g/mol. The molecule has 2 aromatic carbocycles. The Morgan fingerprint density at radius 3 is 2.58 bits per heavy atom. The second-order valence-electron chi connectivity index (χ2n) is 4.97. The quantitative estimate of drug-likeness (QED) is 0.798. The third kappa shape index (κ3) is 3.59. The third-order valence-corrected chi connectivity index (χ3v) is 3.33. The molecule has 1 heterocycles. The lowest BCUT2D eigenvalue weighted by atomic mass is 10.2. The van der Waals surface area contributed by atoms with Gasteiger partial charge in [0.15, 0.2) is 0 Å². The molecule has 1 amide bonds. The number of benzene rings is 2. The molecule has 1 N–H and O–H groups in total. The Morgan fingerprint density at radius 2 is 1.88 bits per heavy atom. The summed E-state index contributed by atoms with van der Waals surface area (Å²) < 4.78 is 6.76. The number of aromatic nitrogens is 2. The molecule has 0 fully saturated rings. The lowest BCUT2D eigenvalue weighted by Gasteiger charge is -2.09. The molecule has 3 aromatic rings. The van der Waals surface area contributed by atoms with Crippen LogP contribution in [-0.4, -0.2) is 15.9 Å². The van der Waals surface area contributed by atoms with Crippen LogP contribution in [0.15, 0.2) is 66.9 Å². The topological polar surface area (TPSA) is 79.9 Å². The summed E-state index contributed by atoms with van der Waals surface area (Å²) >= 11 is 0. The Hall–Kier alpha value is -3.59. The SMILES string of the molecule is N#Cc1ccc(-n2nccc2NC(=O)OCc2ccccc2)cc1. The number of ether oxygens (including phenoxy) is 1. The van der Waals surface area contributed by atoms with E-state index in [0.29, 0.717) is 11.4 Å². The van der Waals surface area contributed by atoms with E-state index in [-0.39, 0.29) is 6.61 Å². The van der Waals surface area contributed by atoms with Gasteiger partial charge in [-0.05, 0) is 29.8 Å². The Labute approximate surface area is 138 Å². The van der Waals surface area contributed by atoms with Crippen LogP contribution in [0.25, 0.3) is 5.69 Å². The maximum atomic E-state index is 12.0. The molecule has 118 valence electrons. The van der Waals surface area contributed by atoms with Gasteiger partial charge < -0.3 is 4.74 Å². The molecule has 6 heteroatoms. The summed E-state index contributed by atoms with van der Waals surface area (Å²) in [6.45, 7) is 0.192. The molecule has 0 unspecified atom stereocenters. The van der Waals surface area contributed by atoms with E-state index in [2.05, 4.69) is 16.5 Å². The van der Waals surface area contributed by atoms with Crippen molar-refractivity contribution >= 4 is 11.9 Å². The number of carbonyl (C=O) groups is 1. The normalized spacial score (nSPS) is 9.96. The molecule has 0 aliphatic carbocycles. The standard InChI is InChI=1S/C18H14N4O2/c19-12-14-6-8-16(9-7-14)22-17(10-11-20-22)21-18(23)24-13-15-4-2-1-3-5-15/h1-11H,13H2,(H,21,23). The van der Waals surface area contributed by atoms with Gasteiger partial charge in [0.2, 0.25) is 0 Å². The minimum atomic E-state index is -0.561. The van der Waals surface area contributed by atoms with Crippen LogP contribution < -0.4 is 5.32 Å². The molecule has 3 rings (SSSR count). The molecule has 6 nitrogen and oxygen atoms in total. The fourth-order valence-electron chi connectivity index (χ4n) is 2.14. The number of hydrogen-bond donors (Lipinski definition) is 1. The first-order chi connectivity index (χ1) is 11.8. The molecule has 0 atom stereocenters. The summed E-state index contributed by atoms with van der Waals surface area (Å²) in [6, 6.07) is 20.1. The number of carbonyl (C=O) groups excluding carboxylic acids is 1. The molecule has 0 radical (unpaired) electrons. The molecule has 24 heavy (non-hydrogen) atoms. The highest BCUT2D eigenvalue weighted by molar-refractivity contribution is 5.83. The first-order valence-electron chi connectivity index (χ1n) is 7.28. The van der Waals surface area contributed by atoms with Crippen LogP contribution in [0.3, 0.4) is 0 Å². The molecule has 0 bridgehead atoms. The van der Waals surface area contributed by atoms with Gasteiger partial charge in [-0.1, -0.05) is 30.3 Å². The second-order valence-corrected chi connectivity index (χ2v) is 4.97. The van der Waals surface area contributed by atoms with E-state index >= 15 is 0 Å². The van der Waals surface area contributed by atoms with E-state index in [4.69, 9.17) is 10.00 Å². The molecule has 0 aliphatic rings. The lowest BCUT2D eigenvalue weighted by Crippen LogP contribution is -2.16. The number of nitrogens with zero attached hydrogens (tertiary/aromatic N) is 3. The van der Waals surface area contributed by atoms with E-state index in [1.165, 1.54) is 0 Å². The summed E-state index contributed by atoms with van der Waals surface area (Å²) in [5, 5.41) is 15.7. The van der Waals surface area contributed by atoms with Gasteiger partial charge in [0.25, 0.3) is 0 Å². The van der Waals surface area contributed by atoms with Crippen molar-refractivity contribution in [2.24, 2.45) is 0 Å². The summed E-state index contributed by atoms with van der Waals surface area (Å²) in [5.41, 5.74) is 2.20. The minimum absolute atomic E-state index is 0.192. The van der Waals surface area contributed by atoms with Crippen molar-refractivity contribution in [3.63, 3.8) is 0 Å². The highest BCUT2D eigenvalue weighted by Gasteiger charge is 2.10. The number of nitrogens with one attached hydrogen (secondary N) is 1. The van der Waals surface area contributed by atoms with Gasteiger partial charge in [0.05, 0.1) is 23.5 Å². The molecular formula is C18H14N4O2. The summed E-state index contributed by atoms with van der Waals surface area (Å²) in [4.78, 5) is 12.0. The zero-order valence-corrected chi connectivity index (χ0v) is 12.7. The maximum Gasteiger partial charge on any atom is 0.413 e. The fourth-order valence-corrected chi connectivity index (χ4v) is 2.14. The van der Waals surface area contributed by atoms with Crippen LogP contribution in [0.2, 0.25) is 0 Å². The zero-order valence-electron chi connectivity index (χ0n) is 12.7. The highest BCUT2D eigenvalue weighted by atomic mass is 16.5. The van der Waals surface area contributed by atoms with Gasteiger partial charge in [-0.15, -0.1) is 0 Å². The summed E-state index contributed by atoms with van der Waals surface area (Å²) in [6.07, 6.45) is 1.01. The van der Waals surface area contributed by atoms with Gasteiger partial charge in [0, 0.05) is 6.07 Å². The lowest BCUT2D eigenvalue weighted by molar-refractivity contribution is 0.155. The average Bonchev–Trinajstić information content (AvgIpc) is 3.09. The minimum Gasteiger partial charge on any atom is -0.444 e. The molecular weight excluding hydrogens is 304 g/mol. The maximum absolute atomic E-state index is 12.0. The van der Waals surface area contributed by atoms with Crippen molar-refractivity contribution < 1.29 is 9.53 Å². The van der Waals surface area contributed by atoms with Crippen molar-refractivity contribution in [1.29, 1.82) is 5.26 Å². The second kappa shape index (κ2) is 7.11. The van der Waals surface area contributed by atoms with Crippen LogP contribution in [0.5, 0.6) is 0 Å². The van der Waals surface area contributed by atoms with Crippen molar-refractivity contribution in [2.45, 2.75) is 6.61 Å². The summed E-state index contributed by atoms with van der Waals surface area (Å²) in [7, 11) is 0. The van der Waals surface area contributed by atoms with Crippen LogP contribution in [-0.2, 0) is 11.3 Å². The first kappa shape index (κ1) is 15.3. The van der Waals surface area contributed by atoms with Crippen molar-refractivity contribution in [3.8, 4) is 11.8 Å². The average molecular weight is 318 g/mol. The molecule has 0 saturated carbocycles. The smallest absolute Gasteiger partial charge is 0.413 e. The van der Waals surface area contributed by atoms with Crippen molar-refractivity contribution in [2.75, 3.05) is 5.32 Å². The van der Waals surface area contributed by atoms with Gasteiger partial charge in [-0.25, -0.2) is 9.48 Å². The van der Waals surface area contributed by atoms with Crippen molar-refractivity contribution in [3.05, 3.63) is 78.0 Å². The predicted molar refractivity (Wildman–Crippen MR) is 88.5 cm³/mol. The third-order valence-electron chi connectivity index (χ3n) is 3.33. The van der Waals surface area contributed by atoms with Gasteiger partial charge >= 0.3 is 6.09 Å². The van der Waals surface area contributed by atoms with Gasteiger partial charge in [0.1, 0.15) is 12.4 Å². The van der Waals surface area contributed by atoms with Crippen molar-refractivity contribution in [1.82, 2.24) is 9.78 Å². The van der Waals surface area contributed by atoms with Crippen LogP contribution in [0, 0.1) is 11.3 Å². The molecule has 0 saturated heterocycles. The number of anilines is 1. The van der Waals surface area contributed by atoms with E-state index < -0.39 is 6.09 Å². The zero-order chi connectivity index (χ0) is 16.8. The van der Waals surface area contributed by atoms with E-state index in [1.54, 1.807) is 41.2 Å². The van der Waals surface area contributed by atoms with Crippen LogP contribution >= 0.6 is 0 Å². The number of rotatable bonds is 4.